The summed E-state index contributed by atoms with van der Waals surface area (Å²) >= 11 is 0. The third-order valence-electron chi connectivity index (χ3n) is 2.43. The number of rotatable bonds is 1. The van der Waals surface area contributed by atoms with Gasteiger partial charge < -0.3 is 10.0 Å². The minimum Gasteiger partial charge on any atom is -0.834 e. The second kappa shape index (κ2) is 4.29. The monoisotopic (exact) mass is 209 g/mol. The first kappa shape index (κ1) is 14.1. The van der Waals surface area contributed by atoms with Crippen LogP contribution in [-0.2, 0) is 4.79 Å². The average Bonchev–Trinajstić information content (AvgIpc) is 2.06. The standard InChI is InChI=1S/C9H16NO2.K/c1-8(2)5-6-10(7(8)11)9(3,4)12;/h5-6H2,1-4H3;/q-1;+1. The molecule has 1 amide bonds. The predicted molar refractivity (Wildman–Crippen MR) is 44.2 cm³/mol. The van der Waals surface area contributed by atoms with E-state index in [1.165, 1.54) is 18.7 Å². The van der Waals surface area contributed by atoms with Crippen LogP contribution in [0.15, 0.2) is 0 Å². The molecule has 1 heterocycles. The van der Waals surface area contributed by atoms with Gasteiger partial charge in [0.2, 0.25) is 5.91 Å². The van der Waals surface area contributed by atoms with E-state index in [9.17, 15) is 9.90 Å². The summed E-state index contributed by atoms with van der Waals surface area (Å²) in [7, 11) is 0. The van der Waals surface area contributed by atoms with Gasteiger partial charge in [-0.05, 0) is 12.1 Å². The van der Waals surface area contributed by atoms with Crippen LogP contribution in [0.4, 0.5) is 0 Å². The molecule has 1 fully saturated rings. The van der Waals surface area contributed by atoms with Crippen LogP contribution in [0.3, 0.4) is 0 Å². The zero-order valence-electron chi connectivity index (χ0n) is 9.18. The van der Waals surface area contributed by atoms with E-state index in [-0.39, 0.29) is 62.7 Å². The smallest absolute Gasteiger partial charge is 0.834 e. The topological polar surface area (TPSA) is 43.4 Å². The number of amides is 1. The van der Waals surface area contributed by atoms with Crippen LogP contribution in [0.5, 0.6) is 0 Å². The second-order valence-corrected chi connectivity index (χ2v) is 4.54. The minimum absolute atomic E-state index is 0. The maximum Gasteiger partial charge on any atom is 1.00 e. The van der Waals surface area contributed by atoms with Crippen molar-refractivity contribution in [3.63, 3.8) is 0 Å². The van der Waals surface area contributed by atoms with Gasteiger partial charge in [-0.1, -0.05) is 27.7 Å². The molecule has 0 aromatic rings. The van der Waals surface area contributed by atoms with Crippen LogP contribution < -0.4 is 56.5 Å². The van der Waals surface area contributed by atoms with Gasteiger partial charge in [-0.3, -0.25) is 4.79 Å². The fourth-order valence-corrected chi connectivity index (χ4v) is 1.48. The van der Waals surface area contributed by atoms with Crippen LogP contribution in [0.2, 0.25) is 0 Å². The summed E-state index contributed by atoms with van der Waals surface area (Å²) in [6.45, 7) is 7.45. The van der Waals surface area contributed by atoms with Gasteiger partial charge in [0.1, 0.15) is 0 Å². The van der Waals surface area contributed by atoms with Gasteiger partial charge in [0, 0.05) is 12.0 Å². The summed E-state index contributed by atoms with van der Waals surface area (Å²) in [6.07, 6.45) is 0.789. The Morgan fingerprint density at radius 1 is 1.46 bits per heavy atom. The number of likely N-dealkylation sites (tertiary alicyclic amines) is 1. The van der Waals surface area contributed by atoms with Crippen LogP contribution in [0.25, 0.3) is 0 Å². The van der Waals surface area contributed by atoms with E-state index >= 15 is 0 Å². The number of carbonyl (C=O) groups excluding carboxylic acids is 1. The van der Waals surface area contributed by atoms with Crippen molar-refractivity contribution in [1.29, 1.82) is 0 Å². The summed E-state index contributed by atoms with van der Waals surface area (Å²) in [5, 5.41) is 11.5. The summed E-state index contributed by atoms with van der Waals surface area (Å²) in [6, 6.07) is 0. The zero-order chi connectivity index (χ0) is 9.57. The van der Waals surface area contributed by atoms with Crippen LogP contribution in [0, 0.1) is 5.41 Å². The summed E-state index contributed by atoms with van der Waals surface area (Å²) in [5.74, 6) is -0.0116. The van der Waals surface area contributed by atoms with Crippen LogP contribution in [-0.4, -0.2) is 23.1 Å². The Hall–Kier alpha value is 1.07. The predicted octanol–water partition coefficient (Wildman–Crippen LogP) is -2.65. The van der Waals surface area contributed by atoms with Crippen molar-refractivity contribution < 1.29 is 61.3 Å². The average molecular weight is 209 g/mol. The SMILES string of the molecule is CC1(C)CCN(C(C)(C)[O-])C1=O.[K+]. The van der Waals surface area contributed by atoms with E-state index in [0.717, 1.165) is 6.42 Å². The van der Waals surface area contributed by atoms with E-state index in [0.29, 0.717) is 6.54 Å². The summed E-state index contributed by atoms with van der Waals surface area (Å²) in [5.41, 5.74) is -1.59. The molecule has 1 aliphatic heterocycles. The maximum atomic E-state index is 11.6. The van der Waals surface area contributed by atoms with Crippen molar-refractivity contribution in [3.05, 3.63) is 0 Å². The molecule has 0 unspecified atom stereocenters. The molecule has 70 valence electrons. The molecule has 1 aliphatic rings. The molecule has 0 saturated carbocycles. The van der Waals surface area contributed by atoms with E-state index < -0.39 is 5.72 Å². The molecular weight excluding hydrogens is 193 g/mol. The van der Waals surface area contributed by atoms with Gasteiger partial charge in [-0.2, -0.15) is 0 Å². The van der Waals surface area contributed by atoms with Gasteiger partial charge in [-0.25, -0.2) is 0 Å². The Labute approximate surface area is 122 Å². The molecule has 0 atom stereocenters. The third kappa shape index (κ3) is 3.01. The van der Waals surface area contributed by atoms with Crippen molar-refractivity contribution in [1.82, 2.24) is 4.90 Å². The Morgan fingerprint density at radius 3 is 2.08 bits per heavy atom. The van der Waals surface area contributed by atoms with E-state index in [4.69, 9.17) is 0 Å². The summed E-state index contributed by atoms with van der Waals surface area (Å²) in [4.78, 5) is 13.0. The molecule has 0 bridgehead atoms. The molecule has 0 N–H and O–H groups in total. The van der Waals surface area contributed by atoms with Crippen LogP contribution in [0.1, 0.15) is 34.1 Å². The molecule has 0 spiro atoms. The maximum absolute atomic E-state index is 11.6. The molecular formula is C9H16KNO2. The Bertz CT molecular complexity index is 208. The first-order valence-corrected chi connectivity index (χ1v) is 4.28. The molecule has 4 heteroatoms. The van der Waals surface area contributed by atoms with Gasteiger partial charge >= 0.3 is 51.4 Å². The van der Waals surface area contributed by atoms with E-state index in [2.05, 4.69) is 0 Å². The number of hydrogen-bond donors (Lipinski definition) is 0. The van der Waals surface area contributed by atoms with Crippen molar-refractivity contribution in [2.75, 3.05) is 6.54 Å². The van der Waals surface area contributed by atoms with Gasteiger partial charge in [0.05, 0.1) is 0 Å². The fraction of sp³-hybridized carbons (Fsp3) is 0.889. The summed E-state index contributed by atoms with van der Waals surface area (Å²) < 4.78 is 0. The first-order chi connectivity index (χ1) is 5.25. The van der Waals surface area contributed by atoms with Gasteiger partial charge in [0.15, 0.2) is 0 Å². The first-order valence-electron chi connectivity index (χ1n) is 4.28. The number of nitrogens with zero attached hydrogens (tertiary/aromatic N) is 1. The zero-order valence-corrected chi connectivity index (χ0v) is 12.3. The number of hydrogen-bond acceptors (Lipinski definition) is 2. The van der Waals surface area contributed by atoms with Crippen molar-refractivity contribution in [2.24, 2.45) is 5.41 Å². The van der Waals surface area contributed by atoms with Crippen LogP contribution >= 0.6 is 0 Å². The molecule has 3 nitrogen and oxygen atoms in total. The number of carbonyl (C=O) groups is 1. The van der Waals surface area contributed by atoms with E-state index in [1.807, 2.05) is 13.8 Å². The minimum atomic E-state index is -1.26. The van der Waals surface area contributed by atoms with Gasteiger partial charge in [-0.15, -0.1) is 0 Å². The van der Waals surface area contributed by atoms with E-state index in [1.54, 1.807) is 0 Å². The molecule has 0 aliphatic carbocycles. The van der Waals surface area contributed by atoms with Gasteiger partial charge in [0.25, 0.3) is 0 Å². The molecule has 0 radical (unpaired) electrons. The fourth-order valence-electron chi connectivity index (χ4n) is 1.48. The quantitative estimate of drug-likeness (QED) is 0.443. The molecule has 13 heavy (non-hydrogen) atoms. The Kier molecular flexibility index (Phi) is 4.64. The Morgan fingerprint density at radius 2 is 1.92 bits per heavy atom. The largest absolute Gasteiger partial charge is 1.00 e. The molecule has 0 aromatic carbocycles. The molecule has 0 aromatic heterocycles. The molecule has 1 saturated heterocycles. The van der Waals surface area contributed by atoms with Crippen molar-refractivity contribution in [3.8, 4) is 0 Å². The third-order valence-corrected chi connectivity index (χ3v) is 2.43. The van der Waals surface area contributed by atoms with Crippen molar-refractivity contribution >= 4 is 5.91 Å². The second-order valence-electron chi connectivity index (χ2n) is 4.54. The normalized spacial score (nSPS) is 21.6. The Balaban J connectivity index is 0.00000144. The molecule has 1 rings (SSSR count). The van der Waals surface area contributed by atoms with Crippen molar-refractivity contribution in [2.45, 2.75) is 39.8 Å².